The minimum Gasteiger partial charge on any atom is -0.391 e. The van der Waals surface area contributed by atoms with Gasteiger partial charge in [-0.3, -0.25) is 0 Å². The maximum absolute atomic E-state index is 9.12. The van der Waals surface area contributed by atoms with E-state index < -0.39 is 0 Å². The second-order valence-corrected chi connectivity index (χ2v) is 4.44. The van der Waals surface area contributed by atoms with Crippen LogP contribution < -0.4 is 5.32 Å². The number of rotatable bonds is 5. The summed E-state index contributed by atoms with van der Waals surface area (Å²) in [6, 6.07) is 0. The Morgan fingerprint density at radius 3 is 2.80 bits per heavy atom. The molecule has 1 aromatic rings. The number of aliphatic hydroxyl groups is 1. The van der Waals surface area contributed by atoms with E-state index in [1.807, 2.05) is 6.26 Å². The molecule has 0 atom stereocenters. The van der Waals surface area contributed by atoms with Gasteiger partial charge in [-0.15, -0.1) is 0 Å². The maximum Gasteiger partial charge on any atom is 0.189 e. The van der Waals surface area contributed by atoms with E-state index in [1.165, 1.54) is 11.8 Å². The van der Waals surface area contributed by atoms with Gasteiger partial charge < -0.3 is 10.4 Å². The fourth-order valence-corrected chi connectivity index (χ4v) is 1.40. The third-order valence-corrected chi connectivity index (χ3v) is 2.43. The Labute approximate surface area is 94.5 Å². The SMILES string of the molecule is CSc1ncc(CO)c(NCC(C)C)n1. The van der Waals surface area contributed by atoms with Gasteiger partial charge in [0.25, 0.3) is 0 Å². The number of aliphatic hydroxyl groups excluding tert-OH is 1. The van der Waals surface area contributed by atoms with Gasteiger partial charge in [-0.1, -0.05) is 25.6 Å². The summed E-state index contributed by atoms with van der Waals surface area (Å²) < 4.78 is 0. The van der Waals surface area contributed by atoms with Crippen LogP contribution in [0.15, 0.2) is 11.4 Å². The summed E-state index contributed by atoms with van der Waals surface area (Å²) in [7, 11) is 0. The number of anilines is 1. The zero-order chi connectivity index (χ0) is 11.3. The van der Waals surface area contributed by atoms with E-state index >= 15 is 0 Å². The molecule has 0 aromatic carbocycles. The van der Waals surface area contributed by atoms with E-state index in [0.29, 0.717) is 5.92 Å². The zero-order valence-corrected chi connectivity index (χ0v) is 10.1. The molecule has 1 heterocycles. The van der Waals surface area contributed by atoms with Crippen LogP contribution in [0.2, 0.25) is 0 Å². The van der Waals surface area contributed by atoms with E-state index in [4.69, 9.17) is 5.11 Å². The van der Waals surface area contributed by atoms with Crippen molar-refractivity contribution < 1.29 is 5.11 Å². The predicted molar refractivity (Wildman–Crippen MR) is 63.1 cm³/mol. The van der Waals surface area contributed by atoms with Gasteiger partial charge in [0.2, 0.25) is 0 Å². The third kappa shape index (κ3) is 3.68. The Morgan fingerprint density at radius 2 is 2.27 bits per heavy atom. The molecule has 0 aliphatic rings. The molecule has 0 saturated carbocycles. The van der Waals surface area contributed by atoms with Crippen molar-refractivity contribution in [3.63, 3.8) is 0 Å². The topological polar surface area (TPSA) is 58.0 Å². The minimum atomic E-state index is -0.0326. The average Bonchev–Trinajstić information content (AvgIpc) is 2.25. The molecule has 15 heavy (non-hydrogen) atoms. The van der Waals surface area contributed by atoms with Crippen LogP contribution in [-0.2, 0) is 6.61 Å². The van der Waals surface area contributed by atoms with Gasteiger partial charge in [0, 0.05) is 18.3 Å². The fourth-order valence-electron chi connectivity index (χ4n) is 1.06. The fraction of sp³-hybridized carbons (Fsp3) is 0.600. The molecule has 5 heteroatoms. The molecule has 0 aliphatic carbocycles. The third-order valence-electron chi connectivity index (χ3n) is 1.87. The number of thioether (sulfide) groups is 1. The normalized spacial score (nSPS) is 10.7. The lowest BCUT2D eigenvalue weighted by Crippen LogP contribution is -2.12. The Balaban J connectivity index is 2.81. The van der Waals surface area contributed by atoms with E-state index in [1.54, 1.807) is 6.20 Å². The zero-order valence-electron chi connectivity index (χ0n) is 9.32. The summed E-state index contributed by atoms with van der Waals surface area (Å²) >= 11 is 1.49. The van der Waals surface area contributed by atoms with Gasteiger partial charge >= 0.3 is 0 Å². The highest BCUT2D eigenvalue weighted by atomic mass is 32.2. The number of nitrogens with one attached hydrogen (secondary N) is 1. The smallest absolute Gasteiger partial charge is 0.189 e. The van der Waals surface area contributed by atoms with Crippen molar-refractivity contribution in [3.05, 3.63) is 11.8 Å². The second kappa shape index (κ2) is 5.92. The molecule has 0 spiro atoms. The molecule has 0 aliphatic heterocycles. The Morgan fingerprint density at radius 1 is 1.53 bits per heavy atom. The largest absolute Gasteiger partial charge is 0.391 e. The molecule has 0 saturated heterocycles. The Bertz CT molecular complexity index is 318. The molecular weight excluding hydrogens is 210 g/mol. The molecule has 0 fully saturated rings. The minimum absolute atomic E-state index is 0.0326. The summed E-state index contributed by atoms with van der Waals surface area (Å²) in [4.78, 5) is 8.42. The molecule has 0 amide bonds. The first-order valence-electron chi connectivity index (χ1n) is 4.92. The summed E-state index contributed by atoms with van der Waals surface area (Å²) in [5, 5.41) is 13.1. The van der Waals surface area contributed by atoms with Gasteiger partial charge in [-0.2, -0.15) is 0 Å². The Kier molecular flexibility index (Phi) is 4.84. The number of hydrogen-bond acceptors (Lipinski definition) is 5. The highest BCUT2D eigenvalue weighted by molar-refractivity contribution is 7.98. The molecule has 0 radical (unpaired) electrons. The second-order valence-electron chi connectivity index (χ2n) is 3.66. The van der Waals surface area contributed by atoms with Crippen LogP contribution >= 0.6 is 11.8 Å². The predicted octanol–water partition coefficient (Wildman–Crippen LogP) is 1.76. The highest BCUT2D eigenvalue weighted by Gasteiger charge is 2.06. The number of nitrogens with zero attached hydrogens (tertiary/aromatic N) is 2. The van der Waals surface area contributed by atoms with E-state index in [0.717, 1.165) is 23.1 Å². The van der Waals surface area contributed by atoms with Gasteiger partial charge in [0.15, 0.2) is 5.16 Å². The van der Waals surface area contributed by atoms with Gasteiger partial charge in [-0.05, 0) is 12.2 Å². The summed E-state index contributed by atoms with van der Waals surface area (Å²) in [5.74, 6) is 1.29. The van der Waals surface area contributed by atoms with Crippen LogP contribution in [0, 0.1) is 5.92 Å². The molecule has 84 valence electrons. The van der Waals surface area contributed by atoms with Crippen molar-refractivity contribution in [2.24, 2.45) is 5.92 Å². The Hall–Kier alpha value is -0.810. The lowest BCUT2D eigenvalue weighted by atomic mass is 10.2. The summed E-state index contributed by atoms with van der Waals surface area (Å²) in [6.45, 7) is 5.07. The van der Waals surface area contributed by atoms with E-state index in [-0.39, 0.29) is 6.61 Å². The van der Waals surface area contributed by atoms with Crippen molar-refractivity contribution in [1.82, 2.24) is 9.97 Å². The van der Waals surface area contributed by atoms with Crippen LogP contribution in [-0.4, -0.2) is 27.9 Å². The molecule has 1 aromatic heterocycles. The van der Waals surface area contributed by atoms with E-state index in [2.05, 4.69) is 29.1 Å². The monoisotopic (exact) mass is 227 g/mol. The lowest BCUT2D eigenvalue weighted by molar-refractivity contribution is 0.281. The number of aromatic nitrogens is 2. The maximum atomic E-state index is 9.12. The first-order valence-corrected chi connectivity index (χ1v) is 6.14. The first kappa shape index (κ1) is 12.3. The van der Waals surface area contributed by atoms with E-state index in [9.17, 15) is 0 Å². The van der Waals surface area contributed by atoms with Crippen LogP contribution in [0.5, 0.6) is 0 Å². The van der Waals surface area contributed by atoms with Gasteiger partial charge in [-0.25, -0.2) is 9.97 Å². The van der Waals surface area contributed by atoms with Crippen LogP contribution in [0.25, 0.3) is 0 Å². The standard InChI is InChI=1S/C10H17N3OS/c1-7(2)4-11-9-8(6-14)5-12-10(13-9)15-3/h5,7,14H,4,6H2,1-3H3,(H,11,12,13). The van der Waals surface area contributed by atoms with Crippen molar-refractivity contribution in [1.29, 1.82) is 0 Å². The molecule has 0 unspecified atom stereocenters. The molecule has 4 nitrogen and oxygen atoms in total. The quantitative estimate of drug-likeness (QED) is 0.593. The molecular formula is C10H17N3OS. The summed E-state index contributed by atoms with van der Waals surface area (Å²) in [6.07, 6.45) is 3.60. The summed E-state index contributed by atoms with van der Waals surface area (Å²) in [5.41, 5.74) is 0.744. The number of hydrogen-bond donors (Lipinski definition) is 2. The van der Waals surface area contributed by atoms with Crippen LogP contribution in [0.3, 0.4) is 0 Å². The highest BCUT2D eigenvalue weighted by Crippen LogP contribution is 2.16. The molecule has 1 rings (SSSR count). The van der Waals surface area contributed by atoms with Gasteiger partial charge in [0.1, 0.15) is 5.82 Å². The van der Waals surface area contributed by atoms with Crippen LogP contribution in [0.4, 0.5) is 5.82 Å². The lowest BCUT2D eigenvalue weighted by Gasteiger charge is -2.11. The van der Waals surface area contributed by atoms with Crippen molar-refractivity contribution in [2.75, 3.05) is 18.1 Å². The van der Waals surface area contributed by atoms with Crippen molar-refractivity contribution in [2.45, 2.75) is 25.6 Å². The van der Waals surface area contributed by atoms with Crippen LogP contribution in [0.1, 0.15) is 19.4 Å². The first-order chi connectivity index (χ1) is 7.17. The average molecular weight is 227 g/mol. The van der Waals surface area contributed by atoms with Crippen molar-refractivity contribution >= 4 is 17.6 Å². The van der Waals surface area contributed by atoms with Gasteiger partial charge in [0.05, 0.1) is 6.61 Å². The molecule has 2 N–H and O–H groups in total. The molecule has 0 bridgehead atoms. The van der Waals surface area contributed by atoms with Crippen molar-refractivity contribution in [3.8, 4) is 0 Å².